The van der Waals surface area contributed by atoms with Crippen molar-refractivity contribution in [3.63, 3.8) is 0 Å². The minimum absolute atomic E-state index is 0.0106. The highest BCUT2D eigenvalue weighted by Gasteiger charge is 2.11. The van der Waals surface area contributed by atoms with Gasteiger partial charge in [0.25, 0.3) is 0 Å². The fraction of sp³-hybridized carbons (Fsp3) is 0.640. The second-order valence-electron chi connectivity index (χ2n) is 8.26. The highest BCUT2D eigenvalue weighted by molar-refractivity contribution is 5.27. The molecule has 1 heterocycles. The van der Waals surface area contributed by atoms with Crippen LogP contribution < -0.4 is 0 Å². The highest BCUT2D eigenvalue weighted by Crippen LogP contribution is 2.26. The zero-order chi connectivity index (χ0) is 20.0. The van der Waals surface area contributed by atoms with E-state index in [1.807, 2.05) is 12.3 Å². The van der Waals surface area contributed by atoms with Crippen molar-refractivity contribution in [2.75, 3.05) is 0 Å². The van der Waals surface area contributed by atoms with E-state index in [2.05, 4.69) is 29.9 Å². The Balaban J connectivity index is 1.63. The number of H-pyrrole nitrogens is 1. The summed E-state index contributed by atoms with van der Waals surface area (Å²) in [5, 5.41) is 0. The molecule has 0 aliphatic heterocycles. The Morgan fingerprint density at radius 1 is 0.929 bits per heavy atom. The van der Waals surface area contributed by atoms with E-state index in [4.69, 9.17) is 0 Å². The number of unbranched alkanes of at least 4 members (excludes halogenated alkanes) is 8. The number of rotatable bonds is 15. The van der Waals surface area contributed by atoms with Crippen LogP contribution in [0.1, 0.15) is 107 Å². The van der Waals surface area contributed by atoms with Gasteiger partial charge in [-0.3, -0.25) is 0 Å². The van der Waals surface area contributed by atoms with Gasteiger partial charge in [-0.05, 0) is 48.8 Å². The Bertz CT molecular complexity index is 636. The molecule has 0 amide bonds. The van der Waals surface area contributed by atoms with Crippen LogP contribution in [0.2, 0.25) is 0 Å². The maximum atomic E-state index is 14.6. The van der Waals surface area contributed by atoms with E-state index in [1.54, 1.807) is 12.3 Å². The van der Waals surface area contributed by atoms with Gasteiger partial charge in [0.05, 0.1) is 0 Å². The van der Waals surface area contributed by atoms with Crippen LogP contribution in [-0.2, 0) is 12.8 Å². The van der Waals surface area contributed by atoms with Crippen LogP contribution in [-0.4, -0.2) is 9.97 Å². The van der Waals surface area contributed by atoms with Gasteiger partial charge < -0.3 is 4.98 Å². The van der Waals surface area contributed by atoms with Gasteiger partial charge in [-0.1, -0.05) is 77.3 Å². The van der Waals surface area contributed by atoms with Crippen molar-refractivity contribution in [3.8, 4) is 0 Å². The second kappa shape index (κ2) is 13.5. The molecule has 2 rings (SSSR count). The third-order valence-electron chi connectivity index (χ3n) is 5.77. The molecule has 0 aliphatic carbocycles. The molecule has 2 nitrogen and oxygen atoms in total. The highest BCUT2D eigenvalue weighted by atomic mass is 19.1. The summed E-state index contributed by atoms with van der Waals surface area (Å²) in [6.07, 6.45) is 19.3. The third kappa shape index (κ3) is 8.58. The van der Waals surface area contributed by atoms with Crippen molar-refractivity contribution >= 4 is 0 Å². The van der Waals surface area contributed by atoms with Crippen LogP contribution in [0.3, 0.4) is 0 Å². The molecule has 1 aromatic heterocycles. The normalized spacial score (nSPS) is 12.4. The largest absolute Gasteiger partial charge is 0.349 e. The molecule has 2 aromatic rings. The number of benzene rings is 1. The van der Waals surface area contributed by atoms with Gasteiger partial charge in [-0.2, -0.15) is 0 Å². The van der Waals surface area contributed by atoms with Crippen molar-refractivity contribution < 1.29 is 4.39 Å². The van der Waals surface area contributed by atoms with Crippen molar-refractivity contribution in [1.29, 1.82) is 0 Å². The first-order valence-corrected chi connectivity index (χ1v) is 11.5. The predicted molar refractivity (Wildman–Crippen MR) is 117 cm³/mol. The summed E-state index contributed by atoms with van der Waals surface area (Å²) < 4.78 is 14.6. The number of aryl methyl sites for hydroxylation is 2. The first kappa shape index (κ1) is 22.6. The average molecular weight is 387 g/mol. The molecule has 0 saturated heterocycles. The quantitative estimate of drug-likeness (QED) is 0.311. The zero-order valence-corrected chi connectivity index (χ0v) is 18.0. The van der Waals surface area contributed by atoms with E-state index < -0.39 is 0 Å². The molecule has 3 heteroatoms. The van der Waals surface area contributed by atoms with Gasteiger partial charge in [-0.15, -0.1) is 0 Å². The minimum Gasteiger partial charge on any atom is -0.349 e. The summed E-state index contributed by atoms with van der Waals surface area (Å²) in [5.74, 6) is 1.34. The Kier molecular flexibility index (Phi) is 10.9. The molecule has 1 N–H and O–H groups in total. The van der Waals surface area contributed by atoms with E-state index in [0.29, 0.717) is 0 Å². The van der Waals surface area contributed by atoms with Gasteiger partial charge in [0.15, 0.2) is 0 Å². The van der Waals surface area contributed by atoms with Crippen molar-refractivity contribution in [3.05, 3.63) is 53.4 Å². The summed E-state index contributed by atoms with van der Waals surface area (Å²) in [7, 11) is 0. The number of aromatic amines is 1. The first-order valence-electron chi connectivity index (χ1n) is 11.5. The number of aromatic nitrogens is 2. The van der Waals surface area contributed by atoms with Crippen LogP contribution in [0, 0.1) is 5.82 Å². The summed E-state index contributed by atoms with van der Waals surface area (Å²) in [5.41, 5.74) is 2.04. The van der Waals surface area contributed by atoms with Gasteiger partial charge in [0.2, 0.25) is 0 Å². The monoisotopic (exact) mass is 386 g/mol. The lowest BCUT2D eigenvalue weighted by molar-refractivity contribution is 0.542. The maximum absolute atomic E-state index is 14.6. The lowest BCUT2D eigenvalue weighted by atomic mass is 9.93. The van der Waals surface area contributed by atoms with Gasteiger partial charge in [0.1, 0.15) is 11.6 Å². The van der Waals surface area contributed by atoms with E-state index >= 15 is 0 Å². The van der Waals surface area contributed by atoms with Crippen LogP contribution in [0.4, 0.5) is 4.39 Å². The van der Waals surface area contributed by atoms with E-state index in [1.165, 1.54) is 51.4 Å². The zero-order valence-electron chi connectivity index (χ0n) is 18.0. The SMILES string of the molecule is CCCCCCCCCc1ccc(C(C)CCCCCc2ncc[nH]2)c(F)c1. The third-order valence-corrected chi connectivity index (χ3v) is 5.77. The van der Waals surface area contributed by atoms with Gasteiger partial charge >= 0.3 is 0 Å². The molecule has 0 aliphatic rings. The molecule has 1 atom stereocenters. The molecule has 0 spiro atoms. The second-order valence-corrected chi connectivity index (χ2v) is 8.26. The molecular formula is C25H39FN2. The summed E-state index contributed by atoms with van der Waals surface area (Å²) in [6.45, 7) is 4.41. The van der Waals surface area contributed by atoms with Crippen molar-refractivity contribution in [2.45, 2.75) is 103 Å². The number of halogens is 1. The molecule has 0 saturated carbocycles. The van der Waals surface area contributed by atoms with E-state index in [9.17, 15) is 4.39 Å². The molecule has 1 aromatic carbocycles. The smallest absolute Gasteiger partial charge is 0.126 e. The number of imidazole rings is 1. The molecule has 28 heavy (non-hydrogen) atoms. The standard InChI is InChI=1S/C25H39FN2/c1-3-4-5-6-7-8-11-14-22-16-17-23(24(26)20-22)21(2)13-10-9-12-15-25-27-18-19-28-25/h16-21H,3-15H2,1-2H3,(H,27,28). The van der Waals surface area contributed by atoms with Gasteiger partial charge in [0, 0.05) is 18.8 Å². The number of nitrogens with zero attached hydrogens (tertiary/aromatic N) is 1. The van der Waals surface area contributed by atoms with E-state index in [-0.39, 0.29) is 11.7 Å². The van der Waals surface area contributed by atoms with Crippen LogP contribution in [0.15, 0.2) is 30.6 Å². The molecule has 0 bridgehead atoms. The Hall–Kier alpha value is -1.64. The Morgan fingerprint density at radius 2 is 1.64 bits per heavy atom. The molecule has 156 valence electrons. The fourth-order valence-electron chi connectivity index (χ4n) is 3.92. The summed E-state index contributed by atoms with van der Waals surface area (Å²) in [4.78, 5) is 7.40. The number of nitrogens with one attached hydrogen (secondary N) is 1. The Labute approximate surface area is 171 Å². The molecule has 0 radical (unpaired) electrons. The average Bonchev–Trinajstić information content (AvgIpc) is 3.20. The molecular weight excluding hydrogens is 347 g/mol. The summed E-state index contributed by atoms with van der Waals surface area (Å²) >= 11 is 0. The van der Waals surface area contributed by atoms with Crippen LogP contribution >= 0.6 is 0 Å². The number of hydrogen-bond acceptors (Lipinski definition) is 1. The number of hydrogen-bond donors (Lipinski definition) is 1. The van der Waals surface area contributed by atoms with Crippen LogP contribution in [0.5, 0.6) is 0 Å². The van der Waals surface area contributed by atoms with E-state index in [0.717, 1.165) is 49.1 Å². The fourth-order valence-corrected chi connectivity index (χ4v) is 3.92. The lowest BCUT2D eigenvalue weighted by Crippen LogP contribution is -2.00. The first-order chi connectivity index (χ1) is 13.7. The topological polar surface area (TPSA) is 28.7 Å². The lowest BCUT2D eigenvalue weighted by Gasteiger charge is -2.14. The Morgan fingerprint density at radius 3 is 2.36 bits per heavy atom. The van der Waals surface area contributed by atoms with Crippen LogP contribution in [0.25, 0.3) is 0 Å². The summed E-state index contributed by atoms with van der Waals surface area (Å²) in [6, 6.07) is 5.95. The van der Waals surface area contributed by atoms with Crippen molar-refractivity contribution in [2.24, 2.45) is 0 Å². The predicted octanol–water partition coefficient (Wildman–Crippen LogP) is 7.75. The van der Waals surface area contributed by atoms with Crippen molar-refractivity contribution in [1.82, 2.24) is 9.97 Å². The maximum Gasteiger partial charge on any atom is 0.126 e. The van der Waals surface area contributed by atoms with Gasteiger partial charge in [-0.25, -0.2) is 9.37 Å². The minimum atomic E-state index is -0.0106. The molecule has 0 fully saturated rings. The molecule has 1 unspecified atom stereocenters.